The molecule has 136 valence electrons. The fourth-order valence-corrected chi connectivity index (χ4v) is 4.32. The van der Waals surface area contributed by atoms with Gasteiger partial charge in [-0.25, -0.2) is 19.4 Å². The number of aliphatic imine (C=N–C) groups is 1. The van der Waals surface area contributed by atoms with Gasteiger partial charge >= 0.3 is 0 Å². The van der Waals surface area contributed by atoms with Crippen molar-refractivity contribution in [3.63, 3.8) is 0 Å². The number of nitrogens with one attached hydrogen (secondary N) is 2. The van der Waals surface area contributed by atoms with E-state index in [1.54, 1.807) is 19.3 Å². The Kier molecular flexibility index (Phi) is 4.57. The molecule has 2 N–H and O–H groups in total. The van der Waals surface area contributed by atoms with Gasteiger partial charge in [-0.3, -0.25) is 0 Å². The molecule has 0 saturated heterocycles. The summed E-state index contributed by atoms with van der Waals surface area (Å²) in [5.41, 5.74) is 2.00. The summed E-state index contributed by atoms with van der Waals surface area (Å²) >= 11 is 0. The third-order valence-electron chi connectivity index (χ3n) is 5.76. The maximum Gasteiger partial charge on any atom is 0.162 e. The second kappa shape index (κ2) is 7.02. The van der Waals surface area contributed by atoms with E-state index in [0.29, 0.717) is 17.7 Å². The molecule has 0 amide bonds. The van der Waals surface area contributed by atoms with Crippen LogP contribution in [-0.4, -0.2) is 26.8 Å². The van der Waals surface area contributed by atoms with Crippen LogP contribution in [-0.2, 0) is 0 Å². The third-order valence-corrected chi connectivity index (χ3v) is 5.76. The quantitative estimate of drug-likeness (QED) is 0.634. The van der Waals surface area contributed by atoms with E-state index in [1.807, 2.05) is 0 Å². The lowest BCUT2D eigenvalue weighted by Gasteiger charge is -2.43. The average Bonchev–Trinajstić information content (AvgIpc) is 3.12. The summed E-state index contributed by atoms with van der Waals surface area (Å²) in [6.07, 6.45) is 12.6. The minimum absolute atomic E-state index is 0.279. The van der Waals surface area contributed by atoms with Crippen molar-refractivity contribution in [2.24, 2.45) is 16.8 Å². The van der Waals surface area contributed by atoms with Crippen molar-refractivity contribution >= 4 is 22.6 Å². The van der Waals surface area contributed by atoms with Gasteiger partial charge in [0.25, 0.3) is 0 Å². The van der Waals surface area contributed by atoms with Crippen LogP contribution in [0.1, 0.15) is 44.6 Å². The molecule has 3 aliphatic carbocycles. The molecule has 5 nitrogen and oxygen atoms in total. The molecule has 26 heavy (non-hydrogen) atoms. The van der Waals surface area contributed by atoms with Crippen LogP contribution in [0.15, 0.2) is 42.2 Å². The first-order chi connectivity index (χ1) is 12.7. The number of hydrogen-bond acceptors (Lipinski definition) is 3. The van der Waals surface area contributed by atoms with E-state index in [4.69, 9.17) is 0 Å². The van der Waals surface area contributed by atoms with E-state index < -0.39 is 0 Å². The number of aromatic amines is 1. The molecule has 1 atom stereocenters. The summed E-state index contributed by atoms with van der Waals surface area (Å²) in [6.45, 7) is 5.73. The Bertz CT molecular complexity index is 873. The molecule has 2 bridgehead atoms. The Morgan fingerprint density at radius 1 is 1.38 bits per heavy atom. The van der Waals surface area contributed by atoms with Crippen LogP contribution in [0.3, 0.4) is 0 Å². The minimum atomic E-state index is -0.344. The summed E-state index contributed by atoms with van der Waals surface area (Å²) in [4.78, 5) is 15.8. The van der Waals surface area contributed by atoms with Crippen LogP contribution in [0.5, 0.6) is 0 Å². The minimum Gasteiger partial charge on any atom is -0.365 e. The van der Waals surface area contributed by atoms with Crippen molar-refractivity contribution in [3.05, 3.63) is 42.8 Å². The number of amidine groups is 1. The van der Waals surface area contributed by atoms with Crippen molar-refractivity contribution in [2.75, 3.05) is 0 Å². The zero-order valence-electron chi connectivity index (χ0n) is 15.0. The monoisotopic (exact) mass is 353 g/mol. The Balaban J connectivity index is 1.60. The number of aromatic nitrogens is 3. The van der Waals surface area contributed by atoms with E-state index in [0.717, 1.165) is 28.9 Å². The highest BCUT2D eigenvalue weighted by Gasteiger charge is 2.36. The molecule has 0 spiro atoms. The van der Waals surface area contributed by atoms with Crippen molar-refractivity contribution in [1.82, 2.24) is 20.3 Å². The topological polar surface area (TPSA) is 66.0 Å². The first kappa shape index (κ1) is 16.9. The van der Waals surface area contributed by atoms with Crippen molar-refractivity contribution < 1.29 is 4.39 Å². The number of nitrogens with zero attached hydrogens (tertiary/aromatic N) is 3. The normalized spacial score (nSPS) is 26.3. The van der Waals surface area contributed by atoms with Crippen LogP contribution >= 0.6 is 0 Å². The number of halogens is 1. The van der Waals surface area contributed by atoms with Crippen molar-refractivity contribution in [2.45, 2.75) is 45.1 Å². The van der Waals surface area contributed by atoms with Gasteiger partial charge in [0.15, 0.2) is 11.7 Å². The SMILES string of the molecule is C=C(/N=C(NC1CC2CCC1CC2)\C(F)=C/C)c1c[nH]c2ncncc12. The highest BCUT2D eigenvalue weighted by Crippen LogP contribution is 2.41. The van der Waals surface area contributed by atoms with E-state index in [1.165, 1.54) is 38.1 Å². The number of fused-ring (bicyclic) bond motifs is 4. The van der Waals surface area contributed by atoms with Gasteiger partial charge < -0.3 is 10.3 Å². The molecule has 5 rings (SSSR count). The number of hydrogen-bond donors (Lipinski definition) is 2. The van der Waals surface area contributed by atoms with Gasteiger partial charge in [-0.2, -0.15) is 0 Å². The first-order valence-corrected chi connectivity index (χ1v) is 9.29. The lowest BCUT2D eigenvalue weighted by atomic mass is 9.68. The molecule has 2 heterocycles. The van der Waals surface area contributed by atoms with Crippen LogP contribution in [0, 0.1) is 11.8 Å². The zero-order chi connectivity index (χ0) is 18.1. The van der Waals surface area contributed by atoms with Gasteiger partial charge in [-0.05, 0) is 44.1 Å². The van der Waals surface area contributed by atoms with Gasteiger partial charge in [0.05, 0.1) is 5.70 Å². The molecule has 0 radical (unpaired) electrons. The number of allylic oxidation sites excluding steroid dienone is 1. The maximum absolute atomic E-state index is 14.5. The van der Waals surface area contributed by atoms with E-state index in [-0.39, 0.29) is 11.7 Å². The second-order valence-corrected chi connectivity index (χ2v) is 7.30. The van der Waals surface area contributed by atoms with Crippen molar-refractivity contribution in [3.8, 4) is 0 Å². The van der Waals surface area contributed by atoms with Gasteiger partial charge in [0.2, 0.25) is 0 Å². The summed E-state index contributed by atoms with van der Waals surface area (Å²) in [6, 6.07) is 0.297. The Labute approximate surface area is 152 Å². The van der Waals surface area contributed by atoms with Gasteiger partial charge in [-0.15, -0.1) is 0 Å². The molecule has 2 aromatic rings. The highest BCUT2D eigenvalue weighted by molar-refractivity contribution is 6.01. The van der Waals surface area contributed by atoms with Crippen LogP contribution in [0.4, 0.5) is 4.39 Å². The summed E-state index contributed by atoms with van der Waals surface area (Å²) < 4.78 is 14.5. The Morgan fingerprint density at radius 2 is 2.19 bits per heavy atom. The fourth-order valence-electron chi connectivity index (χ4n) is 4.32. The fraction of sp³-hybridized carbons (Fsp3) is 0.450. The second-order valence-electron chi connectivity index (χ2n) is 7.30. The molecule has 2 aromatic heterocycles. The van der Waals surface area contributed by atoms with Gasteiger partial charge in [0.1, 0.15) is 12.0 Å². The predicted octanol–water partition coefficient (Wildman–Crippen LogP) is 4.37. The summed E-state index contributed by atoms with van der Waals surface area (Å²) in [5, 5.41) is 4.22. The third kappa shape index (κ3) is 3.16. The molecule has 0 aromatic carbocycles. The van der Waals surface area contributed by atoms with E-state index in [2.05, 4.69) is 31.8 Å². The molecule has 6 heteroatoms. The molecular formula is C20H24FN5. The molecule has 3 fully saturated rings. The number of H-pyrrole nitrogens is 1. The first-order valence-electron chi connectivity index (χ1n) is 9.29. The molecule has 3 saturated carbocycles. The Morgan fingerprint density at radius 3 is 2.88 bits per heavy atom. The average molecular weight is 353 g/mol. The number of rotatable bonds is 4. The molecule has 3 aliphatic rings. The van der Waals surface area contributed by atoms with Crippen LogP contribution in [0.2, 0.25) is 0 Å². The standard InChI is InChI=1S/C20H24FN5/c1-3-17(21)20(26-18-8-13-4-6-14(18)7-5-13)25-12(2)15-10-23-19-16(15)9-22-11-24-19/h3,9-11,13-14,18H,2,4-8H2,1H3,(H,25,26)(H,22,23,24)/b17-3+. The smallest absolute Gasteiger partial charge is 0.162 e. The summed E-state index contributed by atoms with van der Waals surface area (Å²) in [5.74, 6) is 1.32. The summed E-state index contributed by atoms with van der Waals surface area (Å²) in [7, 11) is 0. The van der Waals surface area contributed by atoms with Crippen molar-refractivity contribution in [1.29, 1.82) is 0 Å². The highest BCUT2D eigenvalue weighted by atomic mass is 19.1. The zero-order valence-corrected chi connectivity index (χ0v) is 15.0. The predicted molar refractivity (Wildman–Crippen MR) is 102 cm³/mol. The maximum atomic E-state index is 14.5. The van der Waals surface area contributed by atoms with Crippen LogP contribution < -0.4 is 5.32 Å². The van der Waals surface area contributed by atoms with Gasteiger partial charge in [-0.1, -0.05) is 19.4 Å². The van der Waals surface area contributed by atoms with Crippen LogP contribution in [0.25, 0.3) is 16.7 Å². The van der Waals surface area contributed by atoms with E-state index in [9.17, 15) is 4.39 Å². The molecule has 0 aliphatic heterocycles. The molecule has 1 unspecified atom stereocenters. The largest absolute Gasteiger partial charge is 0.365 e. The lowest BCUT2D eigenvalue weighted by molar-refractivity contribution is 0.136. The Hall–Kier alpha value is -2.50. The van der Waals surface area contributed by atoms with Gasteiger partial charge in [0, 0.05) is 29.4 Å². The lowest BCUT2D eigenvalue weighted by Crippen LogP contribution is -2.47. The van der Waals surface area contributed by atoms with E-state index >= 15 is 0 Å². The molecular weight excluding hydrogens is 329 g/mol.